The van der Waals surface area contributed by atoms with Gasteiger partial charge in [-0.05, 0) is 81.6 Å². The number of hydrogen-bond donors (Lipinski definition) is 1. The van der Waals surface area contributed by atoms with Crippen molar-refractivity contribution in [2.75, 3.05) is 56.5 Å². The molecule has 1 aliphatic carbocycles. The summed E-state index contributed by atoms with van der Waals surface area (Å²) in [4.78, 5) is 31.0. The number of likely N-dealkylation sites (tertiary alicyclic amines) is 1. The maximum atomic E-state index is 12.7. The van der Waals surface area contributed by atoms with Crippen molar-refractivity contribution in [2.45, 2.75) is 75.8 Å². The van der Waals surface area contributed by atoms with E-state index < -0.39 is 0 Å². The Kier molecular flexibility index (Phi) is 7.68. The van der Waals surface area contributed by atoms with Gasteiger partial charge in [-0.15, -0.1) is 0 Å². The molecule has 38 heavy (non-hydrogen) atoms. The van der Waals surface area contributed by atoms with Gasteiger partial charge < -0.3 is 24.9 Å². The van der Waals surface area contributed by atoms with E-state index in [9.17, 15) is 4.79 Å². The van der Waals surface area contributed by atoms with E-state index in [-0.39, 0.29) is 12.1 Å². The van der Waals surface area contributed by atoms with Crippen molar-refractivity contribution in [3.63, 3.8) is 0 Å². The first kappa shape index (κ1) is 25.4. The van der Waals surface area contributed by atoms with Crippen LogP contribution in [0.3, 0.4) is 0 Å². The highest BCUT2D eigenvalue weighted by molar-refractivity contribution is 5.75. The lowest BCUT2D eigenvalue weighted by Gasteiger charge is -2.43. The Morgan fingerprint density at radius 3 is 2.37 bits per heavy atom. The molecule has 204 valence electrons. The molecule has 2 amide bonds. The van der Waals surface area contributed by atoms with Crippen LogP contribution in [-0.2, 0) is 0 Å². The Bertz CT molecular complexity index is 1080. The fourth-order valence-electron chi connectivity index (χ4n) is 7.07. The van der Waals surface area contributed by atoms with Gasteiger partial charge in [0.25, 0.3) is 0 Å². The minimum atomic E-state index is 0.160. The Balaban J connectivity index is 1.05. The molecule has 1 aromatic heterocycles. The van der Waals surface area contributed by atoms with Gasteiger partial charge in [0.05, 0.1) is 18.4 Å². The lowest BCUT2D eigenvalue weighted by Crippen LogP contribution is -2.56. The molecule has 8 nitrogen and oxygen atoms in total. The van der Waals surface area contributed by atoms with Crippen LogP contribution in [0.4, 0.5) is 22.1 Å². The van der Waals surface area contributed by atoms with Gasteiger partial charge in [0, 0.05) is 45.0 Å². The average molecular weight is 518 g/mol. The van der Waals surface area contributed by atoms with Gasteiger partial charge in [-0.2, -0.15) is 0 Å². The van der Waals surface area contributed by atoms with Gasteiger partial charge in [0.15, 0.2) is 5.82 Å². The number of aromatic nitrogens is 2. The molecule has 3 saturated heterocycles. The minimum absolute atomic E-state index is 0.160. The second-order valence-corrected chi connectivity index (χ2v) is 11.8. The van der Waals surface area contributed by atoms with E-state index in [2.05, 4.69) is 49.3 Å². The highest BCUT2D eigenvalue weighted by atomic mass is 16.2. The van der Waals surface area contributed by atoms with E-state index in [1.807, 2.05) is 18.1 Å². The number of hydrogen-bond acceptors (Lipinski definition) is 6. The van der Waals surface area contributed by atoms with Crippen LogP contribution in [-0.4, -0.2) is 89.1 Å². The second kappa shape index (κ2) is 11.5. The number of amides is 2. The smallest absolute Gasteiger partial charge is 0.320 e. The molecule has 0 bridgehead atoms. The van der Waals surface area contributed by atoms with Gasteiger partial charge in [0.1, 0.15) is 5.82 Å². The van der Waals surface area contributed by atoms with Crippen molar-refractivity contribution in [1.29, 1.82) is 0 Å². The zero-order valence-electron chi connectivity index (χ0n) is 22.9. The van der Waals surface area contributed by atoms with Crippen LogP contribution in [0, 0.1) is 0 Å². The number of benzene rings is 1. The molecular formula is C30H43N7O. The van der Waals surface area contributed by atoms with E-state index in [0.29, 0.717) is 5.92 Å². The molecule has 2 aromatic rings. The number of anilines is 3. The molecule has 0 spiro atoms. The minimum Gasteiger partial charge on any atom is -0.353 e. The zero-order chi connectivity index (χ0) is 25.9. The zero-order valence-corrected chi connectivity index (χ0v) is 22.9. The molecule has 8 heteroatoms. The van der Waals surface area contributed by atoms with Crippen molar-refractivity contribution in [1.82, 2.24) is 24.7 Å². The fourth-order valence-corrected chi connectivity index (χ4v) is 7.07. The first-order valence-electron chi connectivity index (χ1n) is 14.8. The van der Waals surface area contributed by atoms with E-state index in [1.165, 1.54) is 57.2 Å². The summed E-state index contributed by atoms with van der Waals surface area (Å²) in [6.07, 6.45) is 15.0. The van der Waals surface area contributed by atoms with Crippen molar-refractivity contribution in [2.24, 2.45) is 0 Å². The lowest BCUT2D eigenvalue weighted by atomic mass is 9.88. The molecule has 0 unspecified atom stereocenters. The number of nitrogens with zero attached hydrogens (tertiary/aromatic N) is 6. The number of urea groups is 1. The third-order valence-electron chi connectivity index (χ3n) is 9.27. The van der Waals surface area contributed by atoms with Crippen molar-refractivity contribution >= 4 is 23.4 Å². The van der Waals surface area contributed by atoms with Gasteiger partial charge in [-0.3, -0.25) is 4.98 Å². The highest BCUT2D eigenvalue weighted by Crippen LogP contribution is 2.33. The second-order valence-electron chi connectivity index (χ2n) is 11.8. The van der Waals surface area contributed by atoms with E-state index >= 15 is 0 Å². The molecule has 4 aliphatic rings. The van der Waals surface area contributed by atoms with Crippen molar-refractivity contribution in [3.8, 4) is 0 Å². The van der Waals surface area contributed by atoms with E-state index in [0.717, 1.165) is 68.8 Å². The molecule has 3 aliphatic heterocycles. The van der Waals surface area contributed by atoms with Crippen LogP contribution in [0.15, 0.2) is 36.7 Å². The van der Waals surface area contributed by atoms with E-state index in [4.69, 9.17) is 4.98 Å². The quantitative estimate of drug-likeness (QED) is 0.577. The maximum absolute atomic E-state index is 12.7. The van der Waals surface area contributed by atoms with Gasteiger partial charge in [0.2, 0.25) is 0 Å². The summed E-state index contributed by atoms with van der Waals surface area (Å²) in [5.74, 6) is 2.31. The SMILES string of the molecule is CN1CCCN([C@@H]2CCCN(c3cncc(Nc4ccc(C5CCN(C6CCCC6)CC5)cc4)n3)C2)C1=O. The molecule has 4 heterocycles. The number of carbonyl (C=O) groups is 1. The number of rotatable bonds is 6. The molecule has 1 saturated carbocycles. The van der Waals surface area contributed by atoms with Crippen LogP contribution < -0.4 is 10.2 Å². The summed E-state index contributed by atoms with van der Waals surface area (Å²) in [5, 5.41) is 3.47. The number of piperidine rings is 2. The maximum Gasteiger partial charge on any atom is 0.320 e. The molecule has 0 radical (unpaired) electrons. The molecule has 1 atom stereocenters. The Morgan fingerprint density at radius 2 is 1.58 bits per heavy atom. The average Bonchev–Trinajstić information content (AvgIpc) is 3.51. The van der Waals surface area contributed by atoms with Crippen LogP contribution in [0.25, 0.3) is 0 Å². The van der Waals surface area contributed by atoms with Crippen LogP contribution in [0.1, 0.15) is 69.3 Å². The molecular weight excluding hydrogens is 474 g/mol. The van der Waals surface area contributed by atoms with Crippen LogP contribution in [0.2, 0.25) is 0 Å². The summed E-state index contributed by atoms with van der Waals surface area (Å²) in [5.41, 5.74) is 2.50. The van der Waals surface area contributed by atoms with Crippen LogP contribution in [0.5, 0.6) is 0 Å². The normalized spacial score (nSPS) is 24.3. The highest BCUT2D eigenvalue weighted by Gasteiger charge is 2.33. The largest absolute Gasteiger partial charge is 0.353 e. The Labute approximate surface area is 227 Å². The first-order valence-corrected chi connectivity index (χ1v) is 14.8. The third-order valence-corrected chi connectivity index (χ3v) is 9.27. The summed E-state index contributed by atoms with van der Waals surface area (Å²) in [6.45, 7) is 5.96. The summed E-state index contributed by atoms with van der Waals surface area (Å²) < 4.78 is 0. The molecule has 4 fully saturated rings. The van der Waals surface area contributed by atoms with Gasteiger partial charge in [-0.1, -0.05) is 25.0 Å². The summed E-state index contributed by atoms with van der Waals surface area (Å²) >= 11 is 0. The first-order chi connectivity index (χ1) is 18.6. The molecule has 1 aromatic carbocycles. The van der Waals surface area contributed by atoms with Gasteiger partial charge in [-0.25, -0.2) is 9.78 Å². The van der Waals surface area contributed by atoms with E-state index in [1.54, 1.807) is 6.20 Å². The van der Waals surface area contributed by atoms with Crippen molar-refractivity contribution < 1.29 is 4.79 Å². The molecule has 6 rings (SSSR count). The summed E-state index contributed by atoms with van der Waals surface area (Å²) in [7, 11) is 1.90. The topological polar surface area (TPSA) is 67.8 Å². The lowest BCUT2D eigenvalue weighted by molar-refractivity contribution is 0.112. The Morgan fingerprint density at radius 1 is 0.816 bits per heavy atom. The van der Waals surface area contributed by atoms with Gasteiger partial charge >= 0.3 is 6.03 Å². The fraction of sp³-hybridized carbons (Fsp3) is 0.633. The molecule has 1 N–H and O–H groups in total. The van der Waals surface area contributed by atoms with Crippen LogP contribution >= 0.6 is 0 Å². The monoisotopic (exact) mass is 517 g/mol. The predicted molar refractivity (Wildman–Crippen MR) is 152 cm³/mol. The Hall–Kier alpha value is -2.87. The number of carbonyl (C=O) groups excluding carboxylic acids is 1. The third kappa shape index (κ3) is 5.60. The predicted octanol–water partition coefficient (Wildman–Crippen LogP) is 5.07. The standard InChI is InChI=1S/C30H43N7O/c1-34-15-5-17-37(30(34)38)27-8-4-16-36(22-27)29-21-31-20-28(33-29)32-25-11-9-23(10-12-25)24-13-18-35(19-14-24)26-6-2-3-7-26/h9-12,20-21,24,26-27H,2-8,13-19,22H2,1H3,(H,32,33)/t27-/m1/s1. The number of nitrogens with one attached hydrogen (secondary N) is 1. The van der Waals surface area contributed by atoms with Crippen molar-refractivity contribution in [3.05, 3.63) is 42.2 Å². The summed E-state index contributed by atoms with van der Waals surface area (Å²) in [6, 6.07) is 10.2.